The average Bonchev–Trinajstić information content (AvgIpc) is 3.22. The molecule has 2 aromatic carbocycles. The van der Waals surface area contributed by atoms with E-state index in [0.29, 0.717) is 36.5 Å². The first kappa shape index (κ1) is 18.5. The summed E-state index contributed by atoms with van der Waals surface area (Å²) in [4.78, 5) is 16.4. The van der Waals surface area contributed by atoms with Crippen molar-refractivity contribution < 1.29 is 9.21 Å². The Morgan fingerprint density at radius 3 is 2.62 bits per heavy atom. The highest BCUT2D eigenvalue weighted by Crippen LogP contribution is 2.26. The first-order chi connectivity index (χ1) is 14.2. The summed E-state index contributed by atoms with van der Waals surface area (Å²) in [6.07, 6.45) is 0. The number of benzene rings is 2. The second kappa shape index (κ2) is 8.02. The first-order valence-corrected chi connectivity index (χ1v) is 9.29. The van der Waals surface area contributed by atoms with Crippen LogP contribution in [0.25, 0.3) is 11.3 Å². The molecule has 2 heterocycles. The minimum absolute atomic E-state index is 0.00653. The van der Waals surface area contributed by atoms with Crippen molar-refractivity contribution in [2.45, 2.75) is 6.54 Å². The third kappa shape index (κ3) is 3.89. The molecule has 0 saturated carbocycles. The van der Waals surface area contributed by atoms with Gasteiger partial charge in [0.2, 0.25) is 5.91 Å². The highest BCUT2D eigenvalue weighted by atomic mass is 16.3. The van der Waals surface area contributed by atoms with Gasteiger partial charge < -0.3 is 9.32 Å². The molecule has 142 valence electrons. The fraction of sp³-hybridized carbons (Fsp3) is 0.174. The molecule has 3 aromatic rings. The van der Waals surface area contributed by atoms with Gasteiger partial charge in [-0.3, -0.25) is 9.69 Å². The Hall–Kier alpha value is -3.87. The van der Waals surface area contributed by atoms with Crippen molar-refractivity contribution in [2.24, 2.45) is 0 Å². The van der Waals surface area contributed by atoms with Crippen LogP contribution in [-0.2, 0) is 11.3 Å². The highest BCUT2D eigenvalue weighted by Gasteiger charge is 2.26. The second-order valence-electron chi connectivity index (χ2n) is 6.84. The summed E-state index contributed by atoms with van der Waals surface area (Å²) in [5.74, 6) is 1.39. The van der Waals surface area contributed by atoms with E-state index in [1.807, 2.05) is 41.3 Å². The van der Waals surface area contributed by atoms with Gasteiger partial charge in [-0.2, -0.15) is 10.5 Å². The van der Waals surface area contributed by atoms with Gasteiger partial charge in [0.05, 0.1) is 36.4 Å². The third-order valence-corrected chi connectivity index (χ3v) is 4.94. The Labute approximate surface area is 168 Å². The Morgan fingerprint density at radius 2 is 1.83 bits per heavy atom. The van der Waals surface area contributed by atoms with Crippen molar-refractivity contribution in [3.63, 3.8) is 0 Å². The van der Waals surface area contributed by atoms with Gasteiger partial charge in [-0.15, -0.1) is 0 Å². The summed E-state index contributed by atoms with van der Waals surface area (Å²) in [5, 5.41) is 18.3. The molecule has 0 unspecified atom stereocenters. The summed E-state index contributed by atoms with van der Waals surface area (Å²) in [7, 11) is 0. The lowest BCUT2D eigenvalue weighted by Crippen LogP contribution is -2.50. The van der Waals surface area contributed by atoms with Crippen LogP contribution >= 0.6 is 0 Å². The molecule has 0 spiro atoms. The maximum atomic E-state index is 12.6. The monoisotopic (exact) mass is 382 g/mol. The van der Waals surface area contributed by atoms with Crippen LogP contribution in [0.15, 0.2) is 65.1 Å². The van der Waals surface area contributed by atoms with E-state index < -0.39 is 0 Å². The van der Waals surface area contributed by atoms with Crippen molar-refractivity contribution in [3.8, 4) is 23.5 Å². The standard InChI is InChI=1S/C23H18N4O2/c24-13-17-4-3-6-19(12-17)27-11-10-26(16-23(27)28)15-20-8-9-22(29-20)21-7-2-1-5-18(21)14-25/h1-9,12H,10-11,15-16H2. The van der Waals surface area contributed by atoms with Gasteiger partial charge in [-0.25, -0.2) is 0 Å². The Bertz CT molecular complexity index is 1140. The topological polar surface area (TPSA) is 84.3 Å². The van der Waals surface area contributed by atoms with Crippen molar-refractivity contribution >= 4 is 11.6 Å². The molecule has 1 amide bonds. The van der Waals surface area contributed by atoms with Gasteiger partial charge >= 0.3 is 0 Å². The van der Waals surface area contributed by atoms with Crippen LogP contribution in [0.1, 0.15) is 16.9 Å². The number of anilines is 1. The largest absolute Gasteiger partial charge is 0.460 e. The molecule has 1 fully saturated rings. The number of amides is 1. The number of carbonyl (C=O) groups excluding carboxylic acids is 1. The fourth-order valence-electron chi connectivity index (χ4n) is 3.50. The fourth-order valence-corrected chi connectivity index (χ4v) is 3.50. The summed E-state index contributed by atoms with van der Waals surface area (Å²) >= 11 is 0. The van der Waals surface area contributed by atoms with Gasteiger partial charge in [0.15, 0.2) is 0 Å². The quantitative estimate of drug-likeness (QED) is 0.689. The van der Waals surface area contributed by atoms with Crippen molar-refractivity contribution in [1.29, 1.82) is 10.5 Å². The number of hydrogen-bond donors (Lipinski definition) is 0. The second-order valence-corrected chi connectivity index (χ2v) is 6.84. The van der Waals surface area contributed by atoms with Crippen LogP contribution < -0.4 is 4.90 Å². The predicted octanol–water partition coefficient (Wildman–Crippen LogP) is 3.54. The van der Waals surface area contributed by atoms with Gasteiger partial charge in [-0.1, -0.05) is 18.2 Å². The zero-order valence-corrected chi connectivity index (χ0v) is 15.7. The van der Waals surface area contributed by atoms with Gasteiger partial charge in [0.25, 0.3) is 0 Å². The summed E-state index contributed by atoms with van der Waals surface area (Å²) in [5.41, 5.74) is 2.62. The summed E-state index contributed by atoms with van der Waals surface area (Å²) in [6, 6.07) is 22.4. The van der Waals surface area contributed by atoms with Gasteiger partial charge in [0, 0.05) is 24.3 Å². The Kier molecular flexibility index (Phi) is 5.11. The zero-order valence-electron chi connectivity index (χ0n) is 15.7. The molecular formula is C23H18N4O2. The van der Waals surface area contributed by atoms with E-state index in [-0.39, 0.29) is 12.5 Å². The Morgan fingerprint density at radius 1 is 0.966 bits per heavy atom. The first-order valence-electron chi connectivity index (χ1n) is 9.29. The lowest BCUT2D eigenvalue weighted by atomic mass is 10.1. The molecule has 0 N–H and O–H groups in total. The van der Waals surface area contributed by atoms with Gasteiger partial charge in [0.1, 0.15) is 11.5 Å². The SMILES string of the molecule is N#Cc1cccc(N2CCN(Cc3ccc(-c4ccccc4C#N)o3)CC2=O)c1. The average molecular weight is 382 g/mol. The molecule has 6 nitrogen and oxygen atoms in total. The predicted molar refractivity (Wildman–Crippen MR) is 108 cm³/mol. The molecule has 6 heteroatoms. The van der Waals surface area contributed by atoms with Crippen LogP contribution in [0.3, 0.4) is 0 Å². The summed E-state index contributed by atoms with van der Waals surface area (Å²) in [6.45, 7) is 2.06. The molecule has 0 atom stereocenters. The lowest BCUT2D eigenvalue weighted by Gasteiger charge is -2.33. The zero-order chi connectivity index (χ0) is 20.2. The molecule has 1 aromatic heterocycles. The number of rotatable bonds is 4. The number of furan rings is 1. The van der Waals surface area contributed by atoms with Crippen LogP contribution in [0, 0.1) is 22.7 Å². The highest BCUT2D eigenvalue weighted by molar-refractivity contribution is 5.95. The van der Waals surface area contributed by atoms with Crippen molar-refractivity contribution in [2.75, 3.05) is 24.5 Å². The van der Waals surface area contributed by atoms with Crippen molar-refractivity contribution in [1.82, 2.24) is 4.90 Å². The molecule has 4 rings (SSSR count). The minimum atomic E-state index is -0.00653. The molecule has 1 aliphatic heterocycles. The van der Waals surface area contributed by atoms with E-state index in [1.165, 1.54) is 0 Å². The van der Waals surface area contributed by atoms with E-state index in [4.69, 9.17) is 9.68 Å². The lowest BCUT2D eigenvalue weighted by molar-refractivity contribution is -0.121. The molecule has 29 heavy (non-hydrogen) atoms. The number of carbonyl (C=O) groups is 1. The molecular weight excluding hydrogens is 364 g/mol. The van der Waals surface area contributed by atoms with E-state index in [0.717, 1.165) is 17.0 Å². The third-order valence-electron chi connectivity index (χ3n) is 4.94. The maximum absolute atomic E-state index is 12.6. The maximum Gasteiger partial charge on any atom is 0.241 e. The number of nitrogens with zero attached hydrogens (tertiary/aromatic N) is 4. The summed E-state index contributed by atoms with van der Waals surface area (Å²) < 4.78 is 5.94. The van der Waals surface area contributed by atoms with Crippen LogP contribution in [0.2, 0.25) is 0 Å². The molecule has 0 bridgehead atoms. The molecule has 0 aliphatic carbocycles. The van der Waals surface area contributed by atoms with E-state index in [1.54, 1.807) is 29.2 Å². The smallest absolute Gasteiger partial charge is 0.241 e. The molecule has 1 saturated heterocycles. The number of hydrogen-bond acceptors (Lipinski definition) is 5. The van der Waals surface area contributed by atoms with Gasteiger partial charge in [-0.05, 0) is 42.5 Å². The number of piperazine rings is 1. The van der Waals surface area contributed by atoms with Crippen LogP contribution in [0.4, 0.5) is 5.69 Å². The molecule has 0 radical (unpaired) electrons. The van der Waals surface area contributed by atoms with E-state index in [2.05, 4.69) is 12.1 Å². The number of nitriles is 2. The van der Waals surface area contributed by atoms with E-state index >= 15 is 0 Å². The molecule has 1 aliphatic rings. The normalized spacial score (nSPS) is 14.4. The van der Waals surface area contributed by atoms with Crippen LogP contribution in [-0.4, -0.2) is 30.4 Å². The Balaban J connectivity index is 1.44. The minimum Gasteiger partial charge on any atom is -0.460 e. The van der Waals surface area contributed by atoms with Crippen LogP contribution in [0.5, 0.6) is 0 Å². The van der Waals surface area contributed by atoms with Crippen molar-refractivity contribution in [3.05, 3.63) is 77.6 Å². The van der Waals surface area contributed by atoms with E-state index in [9.17, 15) is 10.1 Å².